The quantitative estimate of drug-likeness (QED) is 0.392. The van der Waals surface area contributed by atoms with E-state index in [0.717, 1.165) is 55.1 Å². The van der Waals surface area contributed by atoms with E-state index in [2.05, 4.69) is 68.7 Å². The van der Waals surface area contributed by atoms with Crippen LogP contribution in [-0.2, 0) is 11.2 Å². The fourth-order valence-electron chi connectivity index (χ4n) is 5.12. The predicted octanol–water partition coefficient (Wildman–Crippen LogP) is 5.57. The number of hydrogen-bond donors (Lipinski definition) is 1. The monoisotopic (exact) mass is 446 g/mol. The summed E-state index contributed by atoms with van der Waals surface area (Å²) in [6, 6.07) is 27.0. The van der Waals surface area contributed by atoms with E-state index in [1.54, 1.807) is 6.33 Å². The van der Waals surface area contributed by atoms with Crippen LogP contribution >= 0.6 is 0 Å². The van der Waals surface area contributed by atoms with Gasteiger partial charge in [-0.15, -0.1) is 0 Å². The molecule has 5 nitrogen and oxygen atoms in total. The molecule has 1 N–H and O–H groups in total. The van der Waals surface area contributed by atoms with Crippen LogP contribution in [0.5, 0.6) is 0 Å². The maximum atomic E-state index is 13.0. The molecular weight excluding hydrogens is 420 g/mol. The molecule has 5 heteroatoms. The summed E-state index contributed by atoms with van der Waals surface area (Å²) in [7, 11) is 0. The number of rotatable bonds is 4. The average molecular weight is 447 g/mol. The fraction of sp³-hybridized carbons (Fsp3) is 0.207. The molecule has 0 atom stereocenters. The molecule has 0 spiro atoms. The van der Waals surface area contributed by atoms with Gasteiger partial charge in [0.1, 0.15) is 12.1 Å². The molecule has 1 amide bonds. The summed E-state index contributed by atoms with van der Waals surface area (Å²) in [5.41, 5.74) is 8.12. The molecular formula is C29H26N4O. The van der Waals surface area contributed by atoms with Crippen LogP contribution in [0.25, 0.3) is 22.4 Å². The van der Waals surface area contributed by atoms with Gasteiger partial charge >= 0.3 is 0 Å². The minimum absolute atomic E-state index is 0.0112. The van der Waals surface area contributed by atoms with E-state index in [4.69, 9.17) is 0 Å². The third-order valence-corrected chi connectivity index (χ3v) is 6.97. The summed E-state index contributed by atoms with van der Waals surface area (Å²) in [5.74, 6) is 1.05. The van der Waals surface area contributed by atoms with Gasteiger partial charge in [0.2, 0.25) is 5.91 Å². The SMILES string of the molecule is O=C(Nc1ccc2c(c1)Cc1ccccc1-2)C1CCN(c2cc(-c3ccccc3)ncn2)CC1. The lowest BCUT2D eigenvalue weighted by molar-refractivity contribution is -0.120. The number of fused-ring (bicyclic) bond motifs is 3. The molecule has 0 saturated carbocycles. The van der Waals surface area contributed by atoms with Gasteiger partial charge in [0.05, 0.1) is 5.69 Å². The summed E-state index contributed by atoms with van der Waals surface area (Å²) in [6.45, 7) is 1.62. The van der Waals surface area contributed by atoms with Crippen LogP contribution < -0.4 is 10.2 Å². The summed E-state index contributed by atoms with van der Waals surface area (Å²) in [4.78, 5) is 24.2. The highest BCUT2D eigenvalue weighted by atomic mass is 16.1. The van der Waals surface area contributed by atoms with Crippen LogP contribution in [0, 0.1) is 5.92 Å². The molecule has 3 aromatic carbocycles. The van der Waals surface area contributed by atoms with Gasteiger partial charge in [-0.3, -0.25) is 4.79 Å². The van der Waals surface area contributed by atoms with Crippen molar-refractivity contribution in [1.82, 2.24) is 9.97 Å². The van der Waals surface area contributed by atoms with Crippen LogP contribution in [0.4, 0.5) is 11.5 Å². The maximum absolute atomic E-state index is 13.0. The molecule has 2 aliphatic rings. The zero-order chi connectivity index (χ0) is 22.9. The van der Waals surface area contributed by atoms with Crippen molar-refractivity contribution < 1.29 is 4.79 Å². The number of nitrogens with one attached hydrogen (secondary N) is 1. The minimum atomic E-state index is 0.0112. The van der Waals surface area contributed by atoms with Gasteiger partial charge in [-0.05, 0) is 53.6 Å². The highest BCUT2D eigenvalue weighted by molar-refractivity contribution is 5.93. The van der Waals surface area contributed by atoms with E-state index in [-0.39, 0.29) is 11.8 Å². The Morgan fingerprint density at radius 2 is 1.59 bits per heavy atom. The zero-order valence-electron chi connectivity index (χ0n) is 18.9. The first-order valence-electron chi connectivity index (χ1n) is 11.9. The van der Waals surface area contributed by atoms with E-state index in [0.29, 0.717) is 0 Å². The molecule has 4 aromatic rings. The number of carbonyl (C=O) groups excluding carboxylic acids is 1. The average Bonchev–Trinajstić information content (AvgIpc) is 3.27. The van der Waals surface area contributed by atoms with Crippen molar-refractivity contribution in [2.45, 2.75) is 19.3 Å². The molecule has 1 saturated heterocycles. The third kappa shape index (κ3) is 3.94. The first-order valence-corrected chi connectivity index (χ1v) is 11.9. The number of nitrogens with zero attached hydrogens (tertiary/aromatic N) is 3. The number of piperidine rings is 1. The van der Waals surface area contributed by atoms with E-state index >= 15 is 0 Å². The van der Waals surface area contributed by atoms with Crippen LogP contribution in [0.15, 0.2) is 85.2 Å². The Morgan fingerprint density at radius 3 is 2.44 bits per heavy atom. The Labute approximate surface area is 199 Å². The van der Waals surface area contributed by atoms with Crippen LogP contribution in [0.2, 0.25) is 0 Å². The lowest BCUT2D eigenvalue weighted by atomic mass is 9.95. The van der Waals surface area contributed by atoms with Crippen molar-refractivity contribution in [2.24, 2.45) is 5.92 Å². The number of carbonyl (C=O) groups is 1. The number of amides is 1. The maximum Gasteiger partial charge on any atom is 0.227 e. The second kappa shape index (κ2) is 8.75. The van der Waals surface area contributed by atoms with Crippen LogP contribution in [0.3, 0.4) is 0 Å². The van der Waals surface area contributed by atoms with Gasteiger partial charge < -0.3 is 10.2 Å². The molecule has 168 valence electrons. The Balaban J connectivity index is 1.09. The Kier molecular flexibility index (Phi) is 5.30. The largest absolute Gasteiger partial charge is 0.356 e. The van der Waals surface area contributed by atoms with Crippen LogP contribution in [-0.4, -0.2) is 29.0 Å². The Bertz CT molecular complexity index is 1340. The smallest absolute Gasteiger partial charge is 0.227 e. The van der Waals surface area contributed by atoms with Crippen LogP contribution in [0.1, 0.15) is 24.0 Å². The number of benzene rings is 3. The lowest BCUT2D eigenvalue weighted by Gasteiger charge is -2.32. The second-order valence-electron chi connectivity index (χ2n) is 9.08. The summed E-state index contributed by atoms with van der Waals surface area (Å²) >= 11 is 0. The standard InChI is InChI=1S/C29H26N4O/c34-29(32-24-10-11-26-23(17-24)16-22-8-4-5-9-25(22)26)21-12-14-33(15-13-21)28-18-27(30-19-31-28)20-6-2-1-3-7-20/h1-11,17-19,21H,12-16H2,(H,32,34). The predicted molar refractivity (Wildman–Crippen MR) is 136 cm³/mol. The molecule has 6 rings (SSSR count). The van der Waals surface area contributed by atoms with Crippen molar-refractivity contribution in [3.8, 4) is 22.4 Å². The van der Waals surface area contributed by atoms with E-state index < -0.39 is 0 Å². The number of aromatic nitrogens is 2. The topological polar surface area (TPSA) is 58.1 Å². The third-order valence-electron chi connectivity index (χ3n) is 6.97. The Morgan fingerprint density at radius 1 is 0.824 bits per heavy atom. The normalized spacial score (nSPS) is 15.0. The van der Waals surface area contributed by atoms with Crippen molar-refractivity contribution in [1.29, 1.82) is 0 Å². The van der Waals surface area contributed by atoms with Gasteiger partial charge in [0.25, 0.3) is 0 Å². The molecule has 1 fully saturated rings. The van der Waals surface area contributed by atoms with Gasteiger partial charge in [0.15, 0.2) is 0 Å². The molecule has 1 aliphatic heterocycles. The summed E-state index contributed by atoms with van der Waals surface area (Å²) < 4.78 is 0. The van der Waals surface area contributed by atoms with E-state index in [1.165, 1.54) is 22.3 Å². The summed E-state index contributed by atoms with van der Waals surface area (Å²) in [6.07, 6.45) is 4.18. The number of hydrogen-bond acceptors (Lipinski definition) is 4. The first-order chi connectivity index (χ1) is 16.7. The highest BCUT2D eigenvalue weighted by Gasteiger charge is 2.26. The van der Waals surface area contributed by atoms with E-state index in [1.807, 2.05) is 30.3 Å². The van der Waals surface area contributed by atoms with Crippen molar-refractivity contribution >= 4 is 17.4 Å². The Hall–Kier alpha value is -3.99. The lowest BCUT2D eigenvalue weighted by Crippen LogP contribution is -2.38. The van der Waals surface area contributed by atoms with Crippen molar-refractivity contribution in [3.63, 3.8) is 0 Å². The zero-order valence-corrected chi connectivity index (χ0v) is 18.9. The van der Waals surface area contributed by atoms with Crippen molar-refractivity contribution in [3.05, 3.63) is 96.3 Å². The molecule has 2 heterocycles. The highest BCUT2D eigenvalue weighted by Crippen LogP contribution is 2.37. The summed E-state index contributed by atoms with van der Waals surface area (Å²) in [5, 5.41) is 3.17. The van der Waals surface area contributed by atoms with Gasteiger partial charge in [-0.1, -0.05) is 60.7 Å². The molecule has 1 aliphatic carbocycles. The molecule has 0 radical (unpaired) electrons. The fourth-order valence-corrected chi connectivity index (χ4v) is 5.12. The van der Waals surface area contributed by atoms with Gasteiger partial charge in [-0.2, -0.15) is 0 Å². The minimum Gasteiger partial charge on any atom is -0.356 e. The molecule has 0 bridgehead atoms. The van der Waals surface area contributed by atoms with Gasteiger partial charge in [0, 0.05) is 36.3 Å². The molecule has 1 aromatic heterocycles. The van der Waals surface area contributed by atoms with Gasteiger partial charge in [-0.25, -0.2) is 9.97 Å². The van der Waals surface area contributed by atoms with E-state index in [9.17, 15) is 4.79 Å². The first kappa shape index (κ1) is 20.6. The number of anilines is 2. The van der Waals surface area contributed by atoms with Crippen molar-refractivity contribution in [2.75, 3.05) is 23.3 Å². The molecule has 34 heavy (non-hydrogen) atoms. The molecule has 0 unspecified atom stereocenters. The second-order valence-corrected chi connectivity index (χ2v) is 9.08.